The van der Waals surface area contributed by atoms with Crippen LogP contribution in [0.3, 0.4) is 0 Å². The van der Waals surface area contributed by atoms with Crippen molar-refractivity contribution in [2.45, 2.75) is 20.3 Å². The van der Waals surface area contributed by atoms with E-state index in [1.165, 1.54) is 0 Å². The van der Waals surface area contributed by atoms with Gasteiger partial charge in [0.1, 0.15) is 23.2 Å². The second-order valence-electron chi connectivity index (χ2n) is 8.08. The topological polar surface area (TPSA) is 71.0 Å². The Hall–Kier alpha value is -2.87. The Kier molecular flexibility index (Phi) is 6.56. The van der Waals surface area contributed by atoms with Crippen LogP contribution in [-0.4, -0.2) is 80.4 Å². The molecule has 1 aromatic carbocycles. The molecule has 2 aliphatic heterocycles. The van der Waals surface area contributed by atoms with E-state index >= 15 is 0 Å². The number of morpholine rings is 1. The zero-order valence-corrected chi connectivity index (χ0v) is 18.6. The number of aryl methyl sites for hydroxylation is 2. The lowest BCUT2D eigenvalue weighted by Crippen LogP contribution is -2.49. The molecule has 0 atom stereocenters. The number of hydrogen-bond donors (Lipinski definition) is 0. The summed E-state index contributed by atoms with van der Waals surface area (Å²) >= 11 is 0. The van der Waals surface area contributed by atoms with Crippen LogP contribution in [0.15, 0.2) is 24.3 Å². The van der Waals surface area contributed by atoms with Crippen LogP contribution < -0.4 is 14.5 Å². The number of rotatable bonds is 5. The molecule has 2 saturated heterocycles. The number of carbonyl (C=O) groups is 1. The second-order valence-corrected chi connectivity index (χ2v) is 8.08. The van der Waals surface area contributed by atoms with Gasteiger partial charge < -0.3 is 24.2 Å². The van der Waals surface area contributed by atoms with E-state index in [0.29, 0.717) is 19.5 Å². The maximum atomic E-state index is 12.8. The van der Waals surface area contributed by atoms with E-state index in [2.05, 4.69) is 25.8 Å². The lowest BCUT2D eigenvalue weighted by Gasteiger charge is -2.36. The zero-order valence-electron chi connectivity index (χ0n) is 18.6. The van der Waals surface area contributed by atoms with E-state index in [0.717, 1.165) is 73.7 Å². The van der Waals surface area contributed by atoms with E-state index in [9.17, 15) is 4.79 Å². The van der Waals surface area contributed by atoms with Crippen molar-refractivity contribution in [3.63, 3.8) is 0 Å². The molecular weight excluding hydrogens is 394 g/mol. The van der Waals surface area contributed by atoms with Gasteiger partial charge in [-0.2, -0.15) is 0 Å². The fourth-order valence-corrected chi connectivity index (χ4v) is 4.17. The van der Waals surface area contributed by atoms with Crippen LogP contribution in [0.5, 0.6) is 5.75 Å². The SMILES string of the molecule is COc1ccc(CC(=O)N2CCN(c3cc(N4CCOCC4)nc(C)n3)CC2)cc1C. The molecule has 2 fully saturated rings. The normalized spacial score (nSPS) is 17.1. The number of nitrogens with zero attached hydrogens (tertiary/aromatic N) is 5. The van der Waals surface area contributed by atoms with Gasteiger partial charge in [-0.05, 0) is 31.0 Å². The molecule has 0 saturated carbocycles. The number of aromatic nitrogens is 2. The van der Waals surface area contributed by atoms with Crippen molar-refractivity contribution in [2.75, 3.05) is 69.4 Å². The fraction of sp³-hybridized carbons (Fsp3) is 0.522. The number of ether oxygens (including phenoxy) is 2. The van der Waals surface area contributed by atoms with Crippen molar-refractivity contribution in [1.29, 1.82) is 0 Å². The molecule has 0 radical (unpaired) electrons. The van der Waals surface area contributed by atoms with Gasteiger partial charge in [-0.25, -0.2) is 9.97 Å². The summed E-state index contributed by atoms with van der Waals surface area (Å²) in [4.78, 5) is 28.6. The molecule has 0 unspecified atom stereocenters. The first-order chi connectivity index (χ1) is 15.0. The minimum Gasteiger partial charge on any atom is -0.496 e. The summed E-state index contributed by atoms with van der Waals surface area (Å²) < 4.78 is 10.8. The van der Waals surface area contributed by atoms with Crippen LogP contribution in [-0.2, 0) is 16.0 Å². The minimum absolute atomic E-state index is 0.164. The van der Waals surface area contributed by atoms with Crippen LogP contribution in [0.25, 0.3) is 0 Å². The molecule has 8 nitrogen and oxygen atoms in total. The van der Waals surface area contributed by atoms with Gasteiger partial charge in [0.15, 0.2) is 0 Å². The third-order valence-electron chi connectivity index (χ3n) is 5.92. The van der Waals surface area contributed by atoms with Gasteiger partial charge >= 0.3 is 0 Å². The van der Waals surface area contributed by atoms with Crippen molar-refractivity contribution < 1.29 is 14.3 Å². The third kappa shape index (κ3) is 5.07. The van der Waals surface area contributed by atoms with Gasteiger partial charge in [0.05, 0.1) is 26.7 Å². The molecule has 0 bridgehead atoms. The van der Waals surface area contributed by atoms with Crippen LogP contribution in [0, 0.1) is 13.8 Å². The Morgan fingerprint density at radius 1 is 0.968 bits per heavy atom. The smallest absolute Gasteiger partial charge is 0.227 e. The van der Waals surface area contributed by atoms with Gasteiger partial charge in [-0.1, -0.05) is 12.1 Å². The maximum Gasteiger partial charge on any atom is 0.227 e. The Balaban J connectivity index is 1.36. The highest BCUT2D eigenvalue weighted by Crippen LogP contribution is 2.22. The molecule has 4 rings (SSSR count). The Labute approximate surface area is 183 Å². The first-order valence-corrected chi connectivity index (χ1v) is 10.9. The Bertz CT molecular complexity index is 921. The fourth-order valence-electron chi connectivity index (χ4n) is 4.17. The lowest BCUT2D eigenvalue weighted by atomic mass is 10.1. The number of amides is 1. The van der Waals surface area contributed by atoms with E-state index < -0.39 is 0 Å². The zero-order chi connectivity index (χ0) is 21.8. The molecule has 0 spiro atoms. The van der Waals surface area contributed by atoms with E-state index in [1.54, 1.807) is 7.11 Å². The van der Waals surface area contributed by atoms with E-state index in [-0.39, 0.29) is 5.91 Å². The van der Waals surface area contributed by atoms with Crippen molar-refractivity contribution in [3.05, 3.63) is 41.2 Å². The minimum atomic E-state index is 0.164. The van der Waals surface area contributed by atoms with Gasteiger partial charge in [0.2, 0.25) is 5.91 Å². The van der Waals surface area contributed by atoms with E-state index in [1.807, 2.05) is 36.9 Å². The van der Waals surface area contributed by atoms with Crippen LogP contribution in [0.1, 0.15) is 17.0 Å². The largest absolute Gasteiger partial charge is 0.496 e. The summed E-state index contributed by atoms with van der Waals surface area (Å²) in [5.41, 5.74) is 2.07. The average Bonchev–Trinajstić information content (AvgIpc) is 2.79. The van der Waals surface area contributed by atoms with Crippen LogP contribution >= 0.6 is 0 Å². The number of anilines is 2. The summed E-state index contributed by atoms with van der Waals surface area (Å²) in [7, 11) is 1.66. The number of benzene rings is 1. The van der Waals surface area contributed by atoms with Crippen molar-refractivity contribution in [3.8, 4) is 5.75 Å². The van der Waals surface area contributed by atoms with Gasteiger partial charge in [-0.3, -0.25) is 4.79 Å². The molecule has 1 aromatic heterocycles. The van der Waals surface area contributed by atoms with Crippen molar-refractivity contribution in [2.24, 2.45) is 0 Å². The van der Waals surface area contributed by atoms with Gasteiger partial charge in [0.25, 0.3) is 0 Å². The monoisotopic (exact) mass is 425 g/mol. The molecule has 166 valence electrons. The molecule has 3 heterocycles. The van der Waals surface area contributed by atoms with E-state index in [4.69, 9.17) is 9.47 Å². The first-order valence-electron chi connectivity index (χ1n) is 10.9. The van der Waals surface area contributed by atoms with Crippen molar-refractivity contribution >= 4 is 17.5 Å². The summed E-state index contributed by atoms with van der Waals surface area (Å²) in [6, 6.07) is 8.00. The van der Waals surface area contributed by atoms with Gasteiger partial charge in [0, 0.05) is 45.3 Å². The Morgan fingerprint density at radius 3 is 2.23 bits per heavy atom. The third-order valence-corrected chi connectivity index (χ3v) is 5.92. The van der Waals surface area contributed by atoms with Crippen LogP contribution in [0.2, 0.25) is 0 Å². The highest BCUT2D eigenvalue weighted by atomic mass is 16.5. The number of piperazine rings is 1. The summed E-state index contributed by atoms with van der Waals surface area (Å²) in [6.45, 7) is 10.0. The number of carbonyl (C=O) groups excluding carboxylic acids is 1. The second kappa shape index (κ2) is 9.51. The molecule has 8 heteroatoms. The Morgan fingerprint density at radius 2 is 1.61 bits per heavy atom. The average molecular weight is 426 g/mol. The number of hydrogen-bond acceptors (Lipinski definition) is 7. The lowest BCUT2D eigenvalue weighted by molar-refractivity contribution is -0.130. The molecule has 2 aliphatic rings. The predicted octanol–water partition coefficient (Wildman–Crippen LogP) is 1.83. The molecule has 31 heavy (non-hydrogen) atoms. The van der Waals surface area contributed by atoms with Crippen molar-refractivity contribution in [1.82, 2.24) is 14.9 Å². The van der Waals surface area contributed by atoms with Gasteiger partial charge in [-0.15, -0.1) is 0 Å². The summed E-state index contributed by atoms with van der Waals surface area (Å²) in [6.07, 6.45) is 0.415. The molecule has 0 aliphatic carbocycles. The standard InChI is InChI=1S/C23H31N5O3/c1-17-14-19(4-5-20(17)30-3)15-23(29)28-8-6-26(7-9-28)21-16-22(25-18(2)24-21)27-10-12-31-13-11-27/h4-5,14,16H,6-13,15H2,1-3H3. The molecule has 2 aromatic rings. The summed E-state index contributed by atoms with van der Waals surface area (Å²) in [5, 5.41) is 0. The molecule has 0 N–H and O–H groups in total. The molecule has 1 amide bonds. The van der Waals surface area contributed by atoms with Crippen LogP contribution in [0.4, 0.5) is 11.6 Å². The maximum absolute atomic E-state index is 12.8. The number of methoxy groups -OCH3 is 1. The molecular formula is C23H31N5O3. The highest BCUT2D eigenvalue weighted by Gasteiger charge is 2.23. The first kappa shape index (κ1) is 21.4. The highest BCUT2D eigenvalue weighted by molar-refractivity contribution is 5.79. The predicted molar refractivity (Wildman–Crippen MR) is 120 cm³/mol. The quantitative estimate of drug-likeness (QED) is 0.724. The summed E-state index contributed by atoms with van der Waals surface area (Å²) in [5.74, 6) is 3.68.